The number of anilines is 1. The van der Waals surface area contributed by atoms with Gasteiger partial charge in [0.05, 0.1) is 26.6 Å². The molecule has 166 valence electrons. The van der Waals surface area contributed by atoms with E-state index in [1.807, 2.05) is 20.8 Å². The summed E-state index contributed by atoms with van der Waals surface area (Å²) in [5, 5.41) is 0.0915. The van der Waals surface area contributed by atoms with E-state index >= 15 is 0 Å². The predicted octanol–water partition coefficient (Wildman–Crippen LogP) is 3.42. The first kappa shape index (κ1) is 22.7. The lowest BCUT2D eigenvalue weighted by atomic mass is 10.0. The van der Waals surface area contributed by atoms with Crippen molar-refractivity contribution in [1.82, 2.24) is 14.3 Å². The first-order valence-corrected chi connectivity index (χ1v) is 11.0. The summed E-state index contributed by atoms with van der Waals surface area (Å²) in [6.07, 6.45) is -0.639. The van der Waals surface area contributed by atoms with Gasteiger partial charge in [-0.25, -0.2) is 27.1 Å². The van der Waals surface area contributed by atoms with Crippen LogP contribution in [0.25, 0.3) is 10.9 Å². The molecule has 6 nitrogen and oxygen atoms in total. The summed E-state index contributed by atoms with van der Waals surface area (Å²) in [5.41, 5.74) is 0.207. The molecule has 1 aromatic carbocycles. The zero-order valence-electron chi connectivity index (χ0n) is 17.8. The molecule has 1 N–H and O–H groups in total. The van der Waals surface area contributed by atoms with Gasteiger partial charge < -0.3 is 4.90 Å². The van der Waals surface area contributed by atoms with Gasteiger partial charge in [-0.1, -0.05) is 0 Å². The molecule has 30 heavy (non-hydrogen) atoms. The van der Waals surface area contributed by atoms with Crippen LogP contribution in [0.5, 0.6) is 0 Å². The van der Waals surface area contributed by atoms with Crippen LogP contribution < -0.4 is 15.2 Å². The molecule has 1 aliphatic heterocycles. The van der Waals surface area contributed by atoms with Gasteiger partial charge in [-0.15, -0.1) is 0 Å². The van der Waals surface area contributed by atoms with E-state index in [-0.39, 0.29) is 42.8 Å². The Morgan fingerprint density at radius 1 is 1.23 bits per heavy atom. The van der Waals surface area contributed by atoms with E-state index < -0.39 is 39.1 Å². The van der Waals surface area contributed by atoms with E-state index in [1.54, 1.807) is 11.8 Å². The highest BCUT2D eigenvalue weighted by Gasteiger charge is 2.35. The first-order chi connectivity index (χ1) is 13.8. The van der Waals surface area contributed by atoms with Crippen LogP contribution in [0.3, 0.4) is 0 Å². The fraction of sp³-hybridized carbons (Fsp3) is 0.600. The number of benzene rings is 1. The molecule has 10 heteroatoms. The van der Waals surface area contributed by atoms with Crippen LogP contribution in [-0.4, -0.2) is 37.5 Å². The summed E-state index contributed by atoms with van der Waals surface area (Å²) in [7, 11) is 0.0749. The minimum Gasteiger partial charge on any atom is -0.342 e. The highest BCUT2D eigenvalue weighted by atomic mass is 32.2. The minimum absolute atomic E-state index is 0.0666. The molecule has 0 amide bonds. The van der Waals surface area contributed by atoms with Crippen LogP contribution in [0.4, 0.5) is 19.1 Å². The predicted molar refractivity (Wildman–Crippen MR) is 113 cm³/mol. The number of fused-ring (bicyclic) bond motifs is 1. The van der Waals surface area contributed by atoms with E-state index in [9.17, 15) is 22.2 Å². The Labute approximate surface area is 176 Å². The van der Waals surface area contributed by atoms with Gasteiger partial charge in [-0.2, -0.15) is 0 Å². The maximum Gasteiger partial charge on any atom is 0.262 e. The highest BCUT2D eigenvalue weighted by Crippen LogP contribution is 2.31. The third kappa shape index (κ3) is 4.54. The van der Waals surface area contributed by atoms with Gasteiger partial charge in [-0.05, 0) is 45.4 Å². The van der Waals surface area contributed by atoms with Crippen LogP contribution in [0, 0.1) is 5.82 Å². The van der Waals surface area contributed by atoms with Crippen molar-refractivity contribution in [2.24, 2.45) is 7.05 Å². The van der Waals surface area contributed by atoms with Gasteiger partial charge in [0.2, 0.25) is 5.95 Å². The lowest BCUT2D eigenvalue weighted by Gasteiger charge is -2.33. The molecule has 2 atom stereocenters. The second kappa shape index (κ2) is 7.96. The monoisotopic (exact) mass is 444 g/mol. The molecule has 0 saturated carbocycles. The van der Waals surface area contributed by atoms with Crippen molar-refractivity contribution in [1.29, 1.82) is 0 Å². The molecule has 0 bridgehead atoms. The molecule has 1 saturated heterocycles. The molecule has 1 fully saturated rings. The molecule has 1 aliphatic rings. The summed E-state index contributed by atoms with van der Waals surface area (Å²) < 4.78 is 57.6. The Morgan fingerprint density at radius 2 is 1.83 bits per heavy atom. The molecule has 2 heterocycles. The Hall–Kier alpha value is -1.94. The molecule has 3 rings (SSSR count). The summed E-state index contributed by atoms with van der Waals surface area (Å²) in [6.45, 7) is 7.28. The van der Waals surface area contributed by atoms with E-state index in [2.05, 4.69) is 9.71 Å². The fourth-order valence-electron chi connectivity index (χ4n) is 3.40. The van der Waals surface area contributed by atoms with Crippen molar-refractivity contribution in [2.45, 2.75) is 57.2 Å². The van der Waals surface area contributed by atoms with Crippen LogP contribution in [-0.2, 0) is 18.0 Å². The zero-order chi connectivity index (χ0) is 22.4. The number of alkyl halides is 2. The summed E-state index contributed by atoms with van der Waals surface area (Å²) in [4.78, 5) is 19.2. The van der Waals surface area contributed by atoms with Crippen molar-refractivity contribution < 1.29 is 17.4 Å². The van der Waals surface area contributed by atoms with Gasteiger partial charge in [-0.3, -0.25) is 9.36 Å². The number of piperidine rings is 1. The van der Waals surface area contributed by atoms with Crippen LogP contribution in [0.1, 0.15) is 52.1 Å². The molecule has 0 spiro atoms. The number of aromatic nitrogens is 2. The lowest BCUT2D eigenvalue weighted by Crippen LogP contribution is -2.42. The smallest absolute Gasteiger partial charge is 0.262 e. The SMILES string of the molecule is C[C@@H](N[S@](=O)C(C)(C)C)c1cc(F)cc2c(=O)n(C)c(N3CCC(F)(F)CC3)nc12. The fourth-order valence-corrected chi connectivity index (χ4v) is 4.20. The average Bonchev–Trinajstić information content (AvgIpc) is 2.64. The maximum atomic E-state index is 14.3. The summed E-state index contributed by atoms with van der Waals surface area (Å²) >= 11 is 0. The largest absolute Gasteiger partial charge is 0.342 e. The Kier molecular flexibility index (Phi) is 6.03. The Bertz CT molecular complexity index is 1040. The van der Waals surface area contributed by atoms with E-state index in [0.717, 1.165) is 6.07 Å². The number of nitrogens with zero attached hydrogens (tertiary/aromatic N) is 3. The second-order valence-corrected chi connectivity index (χ2v) is 10.7. The molecule has 1 aromatic heterocycles. The quantitative estimate of drug-likeness (QED) is 0.785. The summed E-state index contributed by atoms with van der Waals surface area (Å²) in [6, 6.07) is 1.83. The number of nitrogens with one attached hydrogen (secondary N) is 1. The first-order valence-electron chi connectivity index (χ1n) is 9.81. The van der Waals surface area contributed by atoms with Crippen LogP contribution in [0.2, 0.25) is 0 Å². The third-order valence-electron chi connectivity index (χ3n) is 5.24. The molecular formula is C20H27F3N4O2S. The number of rotatable bonds is 4. The van der Waals surface area contributed by atoms with Gasteiger partial charge in [0.1, 0.15) is 5.82 Å². The molecule has 0 aliphatic carbocycles. The zero-order valence-corrected chi connectivity index (χ0v) is 18.6. The van der Waals surface area contributed by atoms with E-state index in [4.69, 9.17) is 0 Å². The number of hydrogen-bond acceptors (Lipinski definition) is 4. The maximum absolute atomic E-state index is 14.3. The van der Waals surface area contributed by atoms with Crippen molar-refractivity contribution in [3.63, 3.8) is 0 Å². The van der Waals surface area contributed by atoms with Crippen molar-refractivity contribution in [2.75, 3.05) is 18.0 Å². The van der Waals surface area contributed by atoms with Crippen LogP contribution >= 0.6 is 0 Å². The van der Waals surface area contributed by atoms with E-state index in [1.165, 1.54) is 17.7 Å². The molecule has 2 aromatic rings. The van der Waals surface area contributed by atoms with Crippen LogP contribution in [0.15, 0.2) is 16.9 Å². The third-order valence-corrected chi connectivity index (χ3v) is 6.92. The Morgan fingerprint density at radius 3 is 2.40 bits per heavy atom. The van der Waals surface area contributed by atoms with Gasteiger partial charge in [0.25, 0.3) is 11.5 Å². The molecule has 0 radical (unpaired) electrons. The average molecular weight is 445 g/mol. The summed E-state index contributed by atoms with van der Waals surface area (Å²) in [5.74, 6) is -3.06. The van der Waals surface area contributed by atoms with Gasteiger partial charge in [0.15, 0.2) is 0 Å². The van der Waals surface area contributed by atoms with Crippen molar-refractivity contribution >= 4 is 27.8 Å². The highest BCUT2D eigenvalue weighted by molar-refractivity contribution is 7.84. The van der Waals surface area contributed by atoms with Gasteiger partial charge >= 0.3 is 0 Å². The van der Waals surface area contributed by atoms with Crippen molar-refractivity contribution in [3.05, 3.63) is 33.9 Å². The van der Waals surface area contributed by atoms with Gasteiger partial charge in [0, 0.05) is 39.0 Å². The Balaban J connectivity index is 2.09. The van der Waals surface area contributed by atoms with E-state index in [0.29, 0.717) is 5.56 Å². The van der Waals surface area contributed by atoms with Crippen molar-refractivity contribution in [3.8, 4) is 0 Å². The normalized spacial score (nSPS) is 19.1. The number of halogens is 3. The lowest BCUT2D eigenvalue weighted by molar-refractivity contribution is -0.0223. The minimum atomic E-state index is -2.73. The number of hydrogen-bond donors (Lipinski definition) is 1. The molecular weight excluding hydrogens is 417 g/mol. The molecule has 0 unspecified atom stereocenters. The second-order valence-electron chi connectivity index (χ2n) is 8.73. The topological polar surface area (TPSA) is 67.2 Å². The standard InChI is InChI=1S/C20H27F3N4O2S/c1-12(25-30(29)19(2,3)4)14-10-13(21)11-15-16(14)24-18(26(5)17(15)28)27-8-6-20(22,23)7-9-27/h10-12,25H,6-9H2,1-5H3/t12-,30-/m1/s1.